The van der Waals surface area contributed by atoms with Crippen molar-refractivity contribution >= 4 is 0 Å². The molecule has 0 aromatic rings. The van der Waals surface area contributed by atoms with Crippen LogP contribution in [0.2, 0.25) is 0 Å². The molecule has 0 heterocycles. The smallest absolute Gasteiger partial charge is 0.0684 e. The minimum absolute atomic E-state index is 0.172. The normalized spacial score (nSPS) is 8.08. The molecule has 0 unspecified atom stereocenters. The van der Waals surface area contributed by atoms with Crippen molar-refractivity contribution in [1.29, 1.82) is 5.26 Å². The van der Waals surface area contributed by atoms with Gasteiger partial charge in [-0.15, -0.1) is 6.58 Å². The van der Waals surface area contributed by atoms with Crippen LogP contribution < -0.4 is 0 Å². The minimum atomic E-state index is -0.172. The molecule has 0 saturated heterocycles. The molecule has 78 valence electrons. The molecule has 0 fully saturated rings. The van der Waals surface area contributed by atoms with Crippen LogP contribution in [0.5, 0.6) is 0 Å². The Kier molecular flexibility index (Phi) is 19.2. The van der Waals surface area contributed by atoms with Crippen LogP contribution in [0, 0.1) is 16.7 Å². The summed E-state index contributed by atoms with van der Waals surface area (Å²) < 4.78 is 0. The Balaban J connectivity index is -0.000000218. The molecule has 0 spiro atoms. The second-order valence-corrected chi connectivity index (χ2v) is 2.82. The van der Waals surface area contributed by atoms with E-state index in [4.69, 9.17) is 5.26 Å². The van der Waals surface area contributed by atoms with Gasteiger partial charge in [0, 0.05) is 0 Å². The zero-order chi connectivity index (χ0) is 11.3. The quantitative estimate of drug-likeness (QED) is 0.589. The first kappa shape index (κ1) is 18.1. The Morgan fingerprint density at radius 3 is 1.85 bits per heavy atom. The third kappa shape index (κ3) is 18.3. The summed E-state index contributed by atoms with van der Waals surface area (Å²) in [6.45, 7) is 15.5. The molecule has 0 rings (SSSR count). The predicted molar refractivity (Wildman–Crippen MR) is 61.5 cm³/mol. The van der Waals surface area contributed by atoms with Crippen molar-refractivity contribution < 1.29 is 0 Å². The summed E-state index contributed by atoms with van der Waals surface area (Å²) in [4.78, 5) is 0. The Bertz CT molecular complexity index is 129. The maximum atomic E-state index is 8.54. The van der Waals surface area contributed by atoms with Gasteiger partial charge in [0.1, 0.15) is 0 Å². The highest BCUT2D eigenvalue weighted by Crippen LogP contribution is 2.20. The van der Waals surface area contributed by atoms with Gasteiger partial charge in [0.05, 0.1) is 11.5 Å². The number of allylic oxidation sites excluding steroid dienone is 1. The van der Waals surface area contributed by atoms with Crippen molar-refractivity contribution in [3.63, 3.8) is 0 Å². The zero-order valence-electron chi connectivity index (χ0n) is 10.1. The Hall–Kier alpha value is -0.770. The first-order valence-corrected chi connectivity index (χ1v) is 5.14. The lowest BCUT2D eigenvalue weighted by Gasteiger charge is -2.11. The van der Waals surface area contributed by atoms with E-state index in [1.165, 1.54) is 0 Å². The van der Waals surface area contributed by atoms with Gasteiger partial charge in [-0.05, 0) is 26.7 Å². The second-order valence-electron chi connectivity index (χ2n) is 2.82. The molecule has 0 N–H and O–H groups in total. The maximum absolute atomic E-state index is 8.54. The lowest BCUT2D eigenvalue weighted by Crippen LogP contribution is -2.06. The van der Waals surface area contributed by atoms with Gasteiger partial charge < -0.3 is 0 Å². The van der Waals surface area contributed by atoms with Gasteiger partial charge >= 0.3 is 0 Å². The molecule has 1 nitrogen and oxygen atoms in total. The van der Waals surface area contributed by atoms with E-state index in [1.54, 1.807) is 0 Å². The number of hydrogen-bond acceptors (Lipinski definition) is 1. The van der Waals surface area contributed by atoms with Gasteiger partial charge in [-0.2, -0.15) is 5.26 Å². The largest absolute Gasteiger partial charge is 0.198 e. The molecule has 0 aliphatic carbocycles. The molecular weight excluding hydrogens is 158 g/mol. The third-order valence-electron chi connectivity index (χ3n) is 1.28. The fourth-order valence-electron chi connectivity index (χ4n) is 0.519. The first-order valence-electron chi connectivity index (χ1n) is 5.14. The summed E-state index contributed by atoms with van der Waals surface area (Å²) in [6, 6.07) is 2.23. The Morgan fingerprint density at radius 2 is 1.62 bits per heavy atom. The van der Waals surface area contributed by atoms with Gasteiger partial charge in [-0.25, -0.2) is 0 Å². The van der Waals surface area contributed by atoms with E-state index >= 15 is 0 Å². The standard InChI is InChI=1S/C8H13N.2C2H6/c1-4-5-6-8(2,3)7-9;2*1-2/h4H,1,5-6H2,2-3H3;2*1-2H3. The van der Waals surface area contributed by atoms with Crippen LogP contribution in [0.1, 0.15) is 54.4 Å². The van der Waals surface area contributed by atoms with Gasteiger partial charge in [-0.1, -0.05) is 33.8 Å². The van der Waals surface area contributed by atoms with E-state index in [2.05, 4.69) is 12.6 Å². The first-order chi connectivity index (χ1) is 6.12. The SMILES string of the molecule is C=CCCC(C)(C)C#N.CC.CC. The molecule has 0 aromatic heterocycles. The molecule has 0 radical (unpaired) electrons. The van der Waals surface area contributed by atoms with E-state index in [-0.39, 0.29) is 5.41 Å². The van der Waals surface area contributed by atoms with Crippen LogP contribution in [-0.2, 0) is 0 Å². The monoisotopic (exact) mass is 183 g/mol. The lowest BCUT2D eigenvalue weighted by atomic mass is 9.90. The topological polar surface area (TPSA) is 23.8 Å². The summed E-state index contributed by atoms with van der Waals surface area (Å²) in [5.41, 5.74) is -0.172. The second kappa shape index (κ2) is 13.8. The van der Waals surface area contributed by atoms with Crippen molar-refractivity contribution in [3.05, 3.63) is 12.7 Å². The van der Waals surface area contributed by atoms with Crippen molar-refractivity contribution in [2.75, 3.05) is 0 Å². The molecule has 0 aliphatic rings. The van der Waals surface area contributed by atoms with Gasteiger partial charge in [0.15, 0.2) is 0 Å². The average Bonchev–Trinajstić information content (AvgIpc) is 2.21. The highest BCUT2D eigenvalue weighted by Gasteiger charge is 2.13. The molecule has 0 saturated carbocycles. The molecule has 0 bridgehead atoms. The third-order valence-corrected chi connectivity index (χ3v) is 1.28. The Labute approximate surface area is 84.5 Å². The number of nitriles is 1. The minimum Gasteiger partial charge on any atom is -0.198 e. The van der Waals surface area contributed by atoms with Crippen molar-refractivity contribution in [2.45, 2.75) is 54.4 Å². The van der Waals surface area contributed by atoms with E-state index < -0.39 is 0 Å². The van der Waals surface area contributed by atoms with Crippen LogP contribution >= 0.6 is 0 Å². The van der Waals surface area contributed by atoms with Crippen LogP contribution in [-0.4, -0.2) is 0 Å². The van der Waals surface area contributed by atoms with E-state index in [9.17, 15) is 0 Å². The Morgan fingerprint density at radius 1 is 1.23 bits per heavy atom. The van der Waals surface area contributed by atoms with Crippen LogP contribution in [0.15, 0.2) is 12.7 Å². The zero-order valence-corrected chi connectivity index (χ0v) is 10.1. The molecule has 13 heavy (non-hydrogen) atoms. The molecule has 0 atom stereocenters. The van der Waals surface area contributed by atoms with Gasteiger partial charge in [0.2, 0.25) is 0 Å². The average molecular weight is 183 g/mol. The summed E-state index contributed by atoms with van der Waals surface area (Å²) in [5.74, 6) is 0. The number of hydrogen-bond donors (Lipinski definition) is 0. The maximum Gasteiger partial charge on any atom is 0.0684 e. The van der Waals surface area contributed by atoms with Crippen molar-refractivity contribution in [3.8, 4) is 6.07 Å². The fourth-order valence-corrected chi connectivity index (χ4v) is 0.519. The van der Waals surface area contributed by atoms with Crippen molar-refractivity contribution in [1.82, 2.24) is 0 Å². The number of rotatable bonds is 3. The van der Waals surface area contributed by atoms with Crippen LogP contribution in [0.25, 0.3) is 0 Å². The summed E-state index contributed by atoms with van der Waals surface area (Å²) in [7, 11) is 0. The molecule has 0 amide bonds. The lowest BCUT2D eigenvalue weighted by molar-refractivity contribution is 0.457. The van der Waals surface area contributed by atoms with E-state index in [1.807, 2.05) is 47.6 Å². The summed E-state index contributed by atoms with van der Waals surface area (Å²) in [5, 5.41) is 8.54. The van der Waals surface area contributed by atoms with Crippen LogP contribution in [0.4, 0.5) is 0 Å². The van der Waals surface area contributed by atoms with Crippen molar-refractivity contribution in [2.24, 2.45) is 5.41 Å². The molecule has 0 aliphatic heterocycles. The highest BCUT2D eigenvalue weighted by molar-refractivity contribution is 4.92. The van der Waals surface area contributed by atoms with Gasteiger partial charge in [-0.3, -0.25) is 0 Å². The molecular formula is C12H25N. The van der Waals surface area contributed by atoms with E-state index in [0.29, 0.717) is 0 Å². The fraction of sp³-hybridized carbons (Fsp3) is 0.750. The number of nitrogens with zero attached hydrogens (tertiary/aromatic N) is 1. The van der Waals surface area contributed by atoms with Crippen LogP contribution in [0.3, 0.4) is 0 Å². The van der Waals surface area contributed by atoms with Gasteiger partial charge in [0.25, 0.3) is 0 Å². The predicted octanol–water partition coefficient (Wildman–Crippen LogP) is 4.55. The molecule has 1 heteroatoms. The summed E-state index contributed by atoms with van der Waals surface area (Å²) in [6.07, 6.45) is 3.69. The highest BCUT2D eigenvalue weighted by atomic mass is 14.3. The summed E-state index contributed by atoms with van der Waals surface area (Å²) >= 11 is 0. The van der Waals surface area contributed by atoms with E-state index in [0.717, 1.165) is 12.8 Å². The molecule has 0 aromatic carbocycles.